The second kappa shape index (κ2) is 3.69. The number of hydrogen-bond donors (Lipinski definition) is 2. The molecule has 0 bridgehead atoms. The maximum absolute atomic E-state index is 11.3. The minimum Gasteiger partial charge on any atom is -0.364 e. The lowest BCUT2D eigenvalue weighted by atomic mass is 10.4. The highest BCUT2D eigenvalue weighted by molar-refractivity contribution is 5.91. The molecule has 0 aliphatic carbocycles. The van der Waals surface area contributed by atoms with Gasteiger partial charge >= 0.3 is 0 Å². The lowest BCUT2D eigenvalue weighted by Crippen LogP contribution is -2.23. The van der Waals surface area contributed by atoms with Gasteiger partial charge in [0.2, 0.25) is 0 Å². The van der Waals surface area contributed by atoms with Crippen molar-refractivity contribution >= 4 is 5.91 Å². The predicted octanol–water partition coefficient (Wildman–Crippen LogP) is -0.277. The molecule has 14 heavy (non-hydrogen) atoms. The van der Waals surface area contributed by atoms with E-state index in [-0.39, 0.29) is 18.1 Å². The van der Waals surface area contributed by atoms with Crippen molar-refractivity contribution in [3.05, 3.63) is 30.2 Å². The molecule has 2 heterocycles. The maximum atomic E-state index is 11.3. The van der Waals surface area contributed by atoms with Gasteiger partial charge < -0.3 is 9.84 Å². The van der Waals surface area contributed by atoms with Crippen molar-refractivity contribution in [2.75, 3.05) is 0 Å². The van der Waals surface area contributed by atoms with Crippen molar-refractivity contribution in [1.82, 2.24) is 25.7 Å². The molecule has 1 amide bonds. The first-order valence-corrected chi connectivity index (χ1v) is 3.89. The fourth-order valence-electron chi connectivity index (χ4n) is 0.900. The zero-order chi connectivity index (χ0) is 9.80. The van der Waals surface area contributed by atoms with E-state index in [0.29, 0.717) is 5.82 Å². The molecule has 0 saturated heterocycles. The van der Waals surface area contributed by atoms with Crippen LogP contribution in [0, 0.1) is 0 Å². The third-order valence-electron chi connectivity index (χ3n) is 1.55. The van der Waals surface area contributed by atoms with Crippen LogP contribution in [-0.2, 0) is 6.54 Å². The molecule has 2 aromatic heterocycles. The quantitative estimate of drug-likeness (QED) is 0.698. The van der Waals surface area contributed by atoms with E-state index >= 15 is 0 Å². The van der Waals surface area contributed by atoms with Crippen LogP contribution < -0.4 is 5.32 Å². The largest absolute Gasteiger partial charge is 0.364 e. The van der Waals surface area contributed by atoms with Crippen LogP contribution in [0.25, 0.3) is 0 Å². The van der Waals surface area contributed by atoms with E-state index in [1.54, 1.807) is 0 Å². The van der Waals surface area contributed by atoms with Crippen LogP contribution >= 0.6 is 0 Å². The van der Waals surface area contributed by atoms with E-state index in [0.717, 1.165) is 0 Å². The van der Waals surface area contributed by atoms with Gasteiger partial charge in [0.05, 0.1) is 6.54 Å². The summed E-state index contributed by atoms with van der Waals surface area (Å²) in [6.45, 7) is 0.283. The minimum absolute atomic E-state index is 0.240. The molecule has 7 heteroatoms. The highest BCUT2D eigenvalue weighted by Gasteiger charge is 2.08. The topological polar surface area (TPSA) is 96.7 Å². The summed E-state index contributed by atoms with van der Waals surface area (Å²) in [7, 11) is 0. The Balaban J connectivity index is 1.90. The van der Waals surface area contributed by atoms with Crippen molar-refractivity contribution in [2.45, 2.75) is 6.54 Å². The number of nitrogens with one attached hydrogen (secondary N) is 2. The summed E-state index contributed by atoms with van der Waals surface area (Å²) in [5.41, 5.74) is 0.240. The lowest BCUT2D eigenvalue weighted by molar-refractivity contribution is 0.0941. The predicted molar refractivity (Wildman–Crippen MR) is 44.1 cm³/mol. The summed E-state index contributed by atoms with van der Waals surface area (Å²) < 4.78 is 4.53. The molecule has 0 saturated carbocycles. The molecule has 2 aromatic rings. The summed E-state index contributed by atoms with van der Waals surface area (Å²) >= 11 is 0. The van der Waals surface area contributed by atoms with E-state index in [4.69, 9.17) is 0 Å². The molecular weight excluding hydrogens is 186 g/mol. The molecule has 0 fully saturated rings. The number of nitrogens with zero attached hydrogens (tertiary/aromatic N) is 3. The number of H-pyrrole nitrogens is 1. The van der Waals surface area contributed by atoms with Gasteiger partial charge in [-0.1, -0.05) is 5.16 Å². The van der Waals surface area contributed by atoms with E-state index in [1.807, 2.05) is 0 Å². The first kappa shape index (κ1) is 8.42. The Bertz CT molecular complexity index is 394. The first-order valence-electron chi connectivity index (χ1n) is 3.89. The molecule has 0 spiro atoms. The van der Waals surface area contributed by atoms with Crippen LogP contribution in [0.15, 0.2) is 23.2 Å². The normalized spacial score (nSPS) is 10.0. The molecule has 0 aliphatic heterocycles. The molecule has 72 valence electrons. The van der Waals surface area contributed by atoms with E-state index in [2.05, 4.69) is 30.2 Å². The van der Waals surface area contributed by atoms with Crippen LogP contribution in [0.2, 0.25) is 0 Å². The maximum Gasteiger partial charge on any atom is 0.273 e. The number of rotatable bonds is 3. The molecule has 7 nitrogen and oxygen atoms in total. The van der Waals surface area contributed by atoms with Crippen LogP contribution in [0.3, 0.4) is 0 Å². The number of aromatic amines is 1. The Hall–Kier alpha value is -2.18. The van der Waals surface area contributed by atoms with Gasteiger partial charge in [0.1, 0.15) is 18.4 Å². The molecule has 2 rings (SSSR count). The lowest BCUT2D eigenvalue weighted by Gasteiger charge is -1.97. The monoisotopic (exact) mass is 193 g/mol. The Labute approximate surface area is 78.5 Å². The van der Waals surface area contributed by atoms with Gasteiger partial charge in [-0.3, -0.25) is 9.89 Å². The van der Waals surface area contributed by atoms with Gasteiger partial charge in [0.25, 0.3) is 5.91 Å². The molecule has 0 atom stereocenters. The fraction of sp³-hybridized carbons (Fsp3) is 0.143. The molecule has 2 N–H and O–H groups in total. The number of carbonyl (C=O) groups is 1. The van der Waals surface area contributed by atoms with Crippen molar-refractivity contribution < 1.29 is 9.32 Å². The summed E-state index contributed by atoms with van der Waals surface area (Å²) in [6, 6.07) is 1.48. The van der Waals surface area contributed by atoms with Crippen molar-refractivity contribution in [3.8, 4) is 0 Å². The average molecular weight is 193 g/mol. The standard InChI is InChI=1S/C7H7N5O2/c13-7(5-1-2-14-12-5)8-3-6-9-4-10-11-6/h1-2,4H,3H2,(H,8,13)(H,9,10,11). The van der Waals surface area contributed by atoms with Gasteiger partial charge in [-0.15, -0.1) is 0 Å². The average Bonchev–Trinajstić information content (AvgIpc) is 2.87. The Morgan fingerprint density at radius 2 is 2.57 bits per heavy atom. The third kappa shape index (κ3) is 1.76. The van der Waals surface area contributed by atoms with Crippen molar-refractivity contribution in [2.24, 2.45) is 0 Å². The van der Waals surface area contributed by atoms with Gasteiger partial charge in [0.15, 0.2) is 5.69 Å². The van der Waals surface area contributed by atoms with Gasteiger partial charge in [-0.05, 0) is 0 Å². The molecule has 0 aliphatic rings. The van der Waals surface area contributed by atoms with Crippen LogP contribution in [0.5, 0.6) is 0 Å². The molecule has 0 aromatic carbocycles. The summed E-state index contributed by atoms with van der Waals surface area (Å²) in [6.07, 6.45) is 2.71. The van der Waals surface area contributed by atoms with E-state index < -0.39 is 0 Å². The van der Waals surface area contributed by atoms with Crippen molar-refractivity contribution in [3.63, 3.8) is 0 Å². The van der Waals surface area contributed by atoms with Crippen molar-refractivity contribution in [1.29, 1.82) is 0 Å². The highest BCUT2D eigenvalue weighted by Crippen LogP contribution is 1.94. The summed E-state index contributed by atoms with van der Waals surface area (Å²) in [5.74, 6) is 0.275. The Morgan fingerprint density at radius 3 is 3.21 bits per heavy atom. The molecule has 0 unspecified atom stereocenters. The number of hydrogen-bond acceptors (Lipinski definition) is 5. The van der Waals surface area contributed by atoms with E-state index in [9.17, 15) is 4.79 Å². The van der Waals surface area contributed by atoms with Gasteiger partial charge in [0, 0.05) is 6.07 Å². The Morgan fingerprint density at radius 1 is 1.64 bits per heavy atom. The smallest absolute Gasteiger partial charge is 0.273 e. The summed E-state index contributed by atoms with van der Waals surface area (Å²) in [4.78, 5) is 15.1. The second-order valence-electron chi connectivity index (χ2n) is 2.50. The van der Waals surface area contributed by atoms with Gasteiger partial charge in [-0.25, -0.2) is 4.98 Å². The highest BCUT2D eigenvalue weighted by atomic mass is 16.5. The Kier molecular flexibility index (Phi) is 2.22. The zero-order valence-electron chi connectivity index (χ0n) is 7.10. The SMILES string of the molecule is O=C(NCc1ncn[nH]1)c1ccon1. The van der Waals surface area contributed by atoms with Crippen LogP contribution in [0.1, 0.15) is 16.3 Å². The fourth-order valence-corrected chi connectivity index (χ4v) is 0.900. The van der Waals surface area contributed by atoms with Crippen LogP contribution in [0.4, 0.5) is 0 Å². The van der Waals surface area contributed by atoms with E-state index in [1.165, 1.54) is 18.7 Å². The first-order chi connectivity index (χ1) is 6.86. The van der Waals surface area contributed by atoms with Crippen LogP contribution in [-0.4, -0.2) is 26.2 Å². The minimum atomic E-state index is -0.310. The second-order valence-corrected chi connectivity index (χ2v) is 2.50. The number of amides is 1. The zero-order valence-corrected chi connectivity index (χ0v) is 7.10. The third-order valence-corrected chi connectivity index (χ3v) is 1.55. The number of carbonyl (C=O) groups excluding carboxylic acids is 1. The molecular formula is C7H7N5O2. The summed E-state index contributed by atoms with van der Waals surface area (Å²) in [5, 5.41) is 12.3. The number of aromatic nitrogens is 4. The molecule has 0 radical (unpaired) electrons. The van der Waals surface area contributed by atoms with Gasteiger partial charge in [-0.2, -0.15) is 5.10 Å².